The van der Waals surface area contributed by atoms with Crippen LogP contribution in [0.4, 0.5) is 4.39 Å². The number of rotatable bonds is 4. The number of halogens is 1. The van der Waals surface area contributed by atoms with E-state index in [1.165, 1.54) is 12.1 Å². The van der Waals surface area contributed by atoms with Crippen LogP contribution in [0.1, 0.15) is 11.1 Å². The summed E-state index contributed by atoms with van der Waals surface area (Å²) < 4.78 is 25.0. The molecule has 3 aromatic carbocycles. The fraction of sp³-hybridized carbons (Fsp3) is 0.160. The predicted molar refractivity (Wildman–Crippen MR) is 114 cm³/mol. The van der Waals surface area contributed by atoms with Gasteiger partial charge in [-0.15, -0.1) is 0 Å². The van der Waals surface area contributed by atoms with Gasteiger partial charge in [0.1, 0.15) is 23.9 Å². The molecule has 0 bridgehead atoms. The molecule has 0 spiro atoms. The van der Waals surface area contributed by atoms with Crippen molar-refractivity contribution in [2.75, 3.05) is 13.3 Å². The van der Waals surface area contributed by atoms with E-state index in [1.54, 1.807) is 12.1 Å². The summed E-state index contributed by atoms with van der Waals surface area (Å²) >= 11 is 0. The minimum atomic E-state index is -0.383. The van der Waals surface area contributed by atoms with Crippen molar-refractivity contribution >= 4 is 11.0 Å². The van der Waals surface area contributed by atoms with Gasteiger partial charge in [-0.3, -0.25) is 4.90 Å². The van der Waals surface area contributed by atoms with Gasteiger partial charge in [0.15, 0.2) is 0 Å². The van der Waals surface area contributed by atoms with E-state index in [9.17, 15) is 9.18 Å². The summed E-state index contributed by atoms with van der Waals surface area (Å²) in [5.41, 5.74) is 3.81. The van der Waals surface area contributed by atoms with Crippen LogP contribution >= 0.6 is 0 Å². The van der Waals surface area contributed by atoms with Crippen LogP contribution in [0, 0.1) is 5.82 Å². The van der Waals surface area contributed by atoms with Crippen molar-refractivity contribution in [3.63, 3.8) is 0 Å². The van der Waals surface area contributed by atoms with E-state index in [0.29, 0.717) is 31.8 Å². The lowest BCUT2D eigenvalue weighted by molar-refractivity contribution is 0.0967. The van der Waals surface area contributed by atoms with Crippen LogP contribution < -0.4 is 10.4 Å². The Balaban J connectivity index is 1.48. The topological polar surface area (TPSA) is 42.7 Å². The van der Waals surface area contributed by atoms with Gasteiger partial charge in [-0.2, -0.15) is 0 Å². The summed E-state index contributed by atoms with van der Waals surface area (Å²) in [7, 11) is 0. The summed E-state index contributed by atoms with van der Waals surface area (Å²) in [5, 5.41) is 0.884. The first-order chi connectivity index (χ1) is 14.7. The largest absolute Gasteiger partial charge is 0.478 e. The first-order valence-corrected chi connectivity index (χ1v) is 9.92. The standard InChI is InChI=1S/C25H20FNO3/c26-19-8-4-5-17(13-19)11-12-27-15-22-23(29-16-27)10-9-20-21(14-24(28)30-25(20)22)18-6-2-1-3-7-18/h1-10,13-14H,11-12,15-16H2. The summed E-state index contributed by atoms with van der Waals surface area (Å²) in [5.74, 6) is 0.506. The minimum Gasteiger partial charge on any atom is -0.478 e. The third-order valence-corrected chi connectivity index (χ3v) is 5.45. The van der Waals surface area contributed by atoms with E-state index < -0.39 is 0 Å². The molecule has 0 aliphatic carbocycles. The maximum Gasteiger partial charge on any atom is 0.336 e. The summed E-state index contributed by atoms with van der Waals surface area (Å²) in [6.45, 7) is 1.75. The van der Waals surface area contributed by atoms with Crippen LogP contribution in [0.15, 0.2) is 82.0 Å². The Hall–Kier alpha value is -3.44. The Morgan fingerprint density at radius 3 is 2.67 bits per heavy atom. The van der Waals surface area contributed by atoms with E-state index in [4.69, 9.17) is 9.15 Å². The smallest absolute Gasteiger partial charge is 0.336 e. The van der Waals surface area contributed by atoms with Gasteiger partial charge in [0.05, 0.1) is 5.56 Å². The predicted octanol–water partition coefficient (Wildman–Crippen LogP) is 4.99. The highest BCUT2D eigenvalue weighted by molar-refractivity contribution is 5.95. The second kappa shape index (κ2) is 7.76. The molecule has 1 aliphatic rings. The maximum absolute atomic E-state index is 13.4. The van der Waals surface area contributed by atoms with Gasteiger partial charge in [0.25, 0.3) is 0 Å². The normalized spacial score (nSPS) is 13.8. The van der Waals surface area contributed by atoms with E-state index in [-0.39, 0.29) is 11.4 Å². The Morgan fingerprint density at radius 1 is 0.967 bits per heavy atom. The molecule has 0 N–H and O–H groups in total. The van der Waals surface area contributed by atoms with Gasteiger partial charge in [0.2, 0.25) is 0 Å². The Kier molecular flexibility index (Phi) is 4.81. The van der Waals surface area contributed by atoms with Crippen molar-refractivity contribution in [1.82, 2.24) is 4.90 Å². The Labute approximate surface area is 173 Å². The van der Waals surface area contributed by atoms with Crippen LogP contribution in [0.2, 0.25) is 0 Å². The second-order valence-corrected chi connectivity index (χ2v) is 7.47. The van der Waals surface area contributed by atoms with Gasteiger partial charge < -0.3 is 9.15 Å². The molecule has 2 heterocycles. The van der Waals surface area contributed by atoms with Crippen molar-refractivity contribution in [3.05, 3.63) is 100 Å². The highest BCUT2D eigenvalue weighted by Crippen LogP contribution is 2.36. The highest BCUT2D eigenvalue weighted by atomic mass is 19.1. The van der Waals surface area contributed by atoms with Crippen LogP contribution in [0.25, 0.3) is 22.1 Å². The van der Waals surface area contributed by atoms with Crippen molar-refractivity contribution in [1.29, 1.82) is 0 Å². The van der Waals surface area contributed by atoms with Crippen molar-refractivity contribution in [3.8, 4) is 16.9 Å². The molecule has 0 unspecified atom stereocenters. The van der Waals surface area contributed by atoms with Gasteiger partial charge in [0, 0.05) is 24.5 Å². The molecule has 1 aliphatic heterocycles. The zero-order valence-electron chi connectivity index (χ0n) is 16.3. The van der Waals surface area contributed by atoms with Gasteiger partial charge in [-0.25, -0.2) is 9.18 Å². The maximum atomic E-state index is 13.4. The van der Waals surface area contributed by atoms with Gasteiger partial charge >= 0.3 is 5.63 Å². The summed E-state index contributed by atoms with van der Waals surface area (Å²) in [4.78, 5) is 14.5. The average molecular weight is 401 g/mol. The fourth-order valence-electron chi connectivity index (χ4n) is 3.96. The molecule has 0 saturated heterocycles. The quantitative estimate of drug-likeness (QED) is 0.452. The lowest BCUT2D eigenvalue weighted by Gasteiger charge is -2.29. The minimum absolute atomic E-state index is 0.228. The molecule has 0 saturated carbocycles. The first kappa shape index (κ1) is 18.6. The van der Waals surface area contributed by atoms with Gasteiger partial charge in [-0.1, -0.05) is 42.5 Å². The Bertz CT molecular complexity index is 1270. The average Bonchev–Trinajstić information content (AvgIpc) is 2.77. The molecule has 4 aromatic rings. The number of nitrogens with zero attached hydrogens (tertiary/aromatic N) is 1. The molecule has 0 atom stereocenters. The molecule has 30 heavy (non-hydrogen) atoms. The summed E-state index contributed by atoms with van der Waals surface area (Å²) in [6.07, 6.45) is 0.709. The van der Waals surface area contributed by atoms with Gasteiger partial charge in [-0.05, 0) is 47.4 Å². The molecular formula is C25H20FNO3. The van der Waals surface area contributed by atoms with Crippen LogP contribution in [0.5, 0.6) is 5.75 Å². The second-order valence-electron chi connectivity index (χ2n) is 7.47. The summed E-state index contributed by atoms with van der Waals surface area (Å²) in [6, 6.07) is 21.9. The zero-order chi connectivity index (χ0) is 20.5. The molecular weight excluding hydrogens is 381 g/mol. The molecule has 1 aromatic heterocycles. The SMILES string of the molecule is O=c1cc(-c2ccccc2)c2ccc3c(c2o1)CN(CCc1cccc(F)c1)CO3. The number of fused-ring (bicyclic) bond motifs is 3. The molecule has 150 valence electrons. The number of benzene rings is 3. The van der Waals surface area contributed by atoms with Crippen LogP contribution in [-0.4, -0.2) is 18.2 Å². The fourth-order valence-corrected chi connectivity index (χ4v) is 3.96. The molecule has 4 nitrogen and oxygen atoms in total. The highest BCUT2D eigenvalue weighted by Gasteiger charge is 2.22. The lowest BCUT2D eigenvalue weighted by atomic mass is 9.99. The van der Waals surface area contributed by atoms with E-state index in [2.05, 4.69) is 4.90 Å². The Morgan fingerprint density at radius 2 is 1.83 bits per heavy atom. The molecule has 5 rings (SSSR count). The molecule has 0 radical (unpaired) electrons. The third kappa shape index (κ3) is 3.60. The van der Waals surface area contributed by atoms with E-state index in [1.807, 2.05) is 48.5 Å². The monoisotopic (exact) mass is 401 g/mol. The van der Waals surface area contributed by atoms with Crippen molar-refractivity contribution in [2.24, 2.45) is 0 Å². The van der Waals surface area contributed by atoms with E-state index >= 15 is 0 Å². The number of ether oxygens (including phenoxy) is 1. The van der Waals surface area contributed by atoms with Crippen LogP contribution in [-0.2, 0) is 13.0 Å². The number of hydrogen-bond acceptors (Lipinski definition) is 4. The molecule has 5 heteroatoms. The molecule has 0 amide bonds. The zero-order valence-corrected chi connectivity index (χ0v) is 16.3. The lowest BCUT2D eigenvalue weighted by Crippen LogP contribution is -2.33. The first-order valence-electron chi connectivity index (χ1n) is 9.92. The van der Waals surface area contributed by atoms with E-state index in [0.717, 1.165) is 33.4 Å². The third-order valence-electron chi connectivity index (χ3n) is 5.45. The molecule has 0 fully saturated rings. The number of hydrogen-bond donors (Lipinski definition) is 0. The van der Waals surface area contributed by atoms with Crippen molar-refractivity contribution < 1.29 is 13.5 Å². The van der Waals surface area contributed by atoms with Crippen molar-refractivity contribution in [2.45, 2.75) is 13.0 Å². The van der Waals surface area contributed by atoms with Crippen LogP contribution in [0.3, 0.4) is 0 Å².